The first-order valence-electron chi connectivity index (χ1n) is 6.72. The second kappa shape index (κ2) is 4.76. The maximum absolute atomic E-state index is 12.1. The number of carbonyl (C=O) groups is 3. The lowest BCUT2D eigenvalue weighted by atomic mass is 9.78. The van der Waals surface area contributed by atoms with Crippen molar-refractivity contribution >= 4 is 23.7 Å². The molecule has 0 aromatic heterocycles. The average Bonchev–Trinajstić information content (AvgIpc) is 2.73. The highest BCUT2D eigenvalue weighted by Gasteiger charge is 2.52. The third-order valence-electron chi connectivity index (χ3n) is 3.85. The Morgan fingerprint density at radius 3 is 2.86 bits per heavy atom. The van der Waals surface area contributed by atoms with Crippen molar-refractivity contribution in [3.8, 4) is 0 Å². The lowest BCUT2D eigenvalue weighted by Crippen LogP contribution is -2.39. The summed E-state index contributed by atoms with van der Waals surface area (Å²) in [5.74, 6) is -0.416. The third-order valence-corrected chi connectivity index (χ3v) is 3.85. The van der Waals surface area contributed by atoms with Gasteiger partial charge in [-0.15, -0.1) is 0 Å². The van der Waals surface area contributed by atoms with Crippen molar-refractivity contribution in [3.05, 3.63) is 29.3 Å². The van der Waals surface area contributed by atoms with Gasteiger partial charge in [-0.1, -0.05) is 6.07 Å². The summed E-state index contributed by atoms with van der Waals surface area (Å²) in [6.45, 7) is 0. The van der Waals surface area contributed by atoms with Crippen molar-refractivity contribution in [1.82, 2.24) is 10.6 Å². The monoisotopic (exact) mass is 289 g/mol. The van der Waals surface area contributed by atoms with E-state index in [0.717, 1.165) is 18.4 Å². The van der Waals surface area contributed by atoms with E-state index in [9.17, 15) is 14.4 Å². The van der Waals surface area contributed by atoms with Gasteiger partial charge in [-0.3, -0.25) is 10.1 Å². The van der Waals surface area contributed by atoms with Crippen LogP contribution in [0.4, 0.5) is 15.3 Å². The molecule has 1 aliphatic carbocycles. The molecule has 0 unspecified atom stereocenters. The maximum atomic E-state index is 12.1. The van der Waals surface area contributed by atoms with E-state index in [1.165, 1.54) is 7.05 Å². The molecular formula is C14H15N3O4. The molecule has 3 rings (SSSR count). The Bertz CT molecular complexity index is 643. The molecule has 0 saturated carbocycles. The minimum atomic E-state index is -1.21. The fourth-order valence-electron chi connectivity index (χ4n) is 2.89. The van der Waals surface area contributed by atoms with Gasteiger partial charge in [-0.2, -0.15) is 0 Å². The van der Waals surface area contributed by atoms with Crippen molar-refractivity contribution in [1.29, 1.82) is 0 Å². The van der Waals surface area contributed by atoms with Crippen LogP contribution >= 0.6 is 0 Å². The molecule has 7 nitrogen and oxygen atoms in total. The van der Waals surface area contributed by atoms with Crippen LogP contribution in [0, 0.1) is 0 Å². The number of fused-ring (bicyclic) bond motifs is 2. The number of nitrogens with one attached hydrogen (secondary N) is 3. The molecule has 1 aromatic rings. The number of benzene rings is 1. The fraction of sp³-hybridized carbons (Fsp3) is 0.357. The van der Waals surface area contributed by atoms with E-state index < -0.39 is 17.6 Å². The maximum Gasteiger partial charge on any atom is 0.415 e. The summed E-state index contributed by atoms with van der Waals surface area (Å²) in [7, 11) is 1.53. The van der Waals surface area contributed by atoms with E-state index in [-0.39, 0.29) is 6.03 Å². The largest absolute Gasteiger partial charge is 0.427 e. The van der Waals surface area contributed by atoms with Crippen molar-refractivity contribution in [3.63, 3.8) is 0 Å². The first-order chi connectivity index (χ1) is 10.0. The standard InChI is InChI=1S/C14H15N3O4/c1-15-12(19)16-9-4-5-10-8(7-9)3-2-6-14(10)11(18)17-13(20)21-14/h4-5,7H,2-3,6H2,1H3,(H2,15,16,19)(H,17,18,20)/t14-/m1/s1. The van der Waals surface area contributed by atoms with Crippen LogP contribution in [0.15, 0.2) is 18.2 Å². The molecule has 1 atom stereocenters. The first-order valence-corrected chi connectivity index (χ1v) is 6.72. The zero-order valence-electron chi connectivity index (χ0n) is 11.5. The molecule has 0 bridgehead atoms. The number of carbonyl (C=O) groups excluding carboxylic acids is 3. The summed E-state index contributed by atoms with van der Waals surface area (Å²) in [6.07, 6.45) is 1.27. The van der Waals surface area contributed by atoms with Gasteiger partial charge < -0.3 is 15.4 Å². The Morgan fingerprint density at radius 2 is 2.19 bits per heavy atom. The van der Waals surface area contributed by atoms with Crippen molar-refractivity contribution in [2.75, 3.05) is 12.4 Å². The minimum absolute atomic E-state index is 0.314. The fourth-order valence-corrected chi connectivity index (χ4v) is 2.89. The number of urea groups is 1. The molecule has 1 fully saturated rings. The van der Waals surface area contributed by atoms with Crippen molar-refractivity contribution in [2.45, 2.75) is 24.9 Å². The normalized spacial score (nSPS) is 23.3. The average molecular weight is 289 g/mol. The quantitative estimate of drug-likeness (QED) is 0.724. The molecule has 1 heterocycles. The van der Waals surface area contributed by atoms with E-state index >= 15 is 0 Å². The number of imide groups is 1. The molecule has 0 radical (unpaired) electrons. The Hall–Kier alpha value is -2.57. The van der Waals surface area contributed by atoms with Crippen molar-refractivity contribution in [2.24, 2.45) is 0 Å². The molecule has 110 valence electrons. The van der Waals surface area contributed by atoms with Gasteiger partial charge >= 0.3 is 12.1 Å². The van der Waals surface area contributed by atoms with Gasteiger partial charge in [0.2, 0.25) is 5.60 Å². The number of hydrogen-bond acceptors (Lipinski definition) is 4. The van der Waals surface area contributed by atoms with E-state index in [1.54, 1.807) is 12.1 Å². The van der Waals surface area contributed by atoms with E-state index in [1.807, 2.05) is 6.07 Å². The SMILES string of the molecule is CNC(=O)Nc1ccc2c(c1)CCC[C@@]21OC(=O)NC1=O. The molecule has 7 heteroatoms. The number of anilines is 1. The number of ether oxygens (including phenoxy) is 1. The van der Waals surface area contributed by atoms with E-state index in [4.69, 9.17) is 4.74 Å². The predicted molar refractivity (Wildman–Crippen MR) is 73.8 cm³/mol. The summed E-state index contributed by atoms with van der Waals surface area (Å²) in [5, 5.41) is 7.35. The first kappa shape index (κ1) is 13.4. The Morgan fingerprint density at radius 1 is 1.38 bits per heavy atom. The summed E-state index contributed by atoms with van der Waals surface area (Å²) in [5.41, 5.74) is 1.02. The van der Waals surface area contributed by atoms with Gasteiger partial charge in [0.15, 0.2) is 0 Å². The lowest BCUT2D eigenvalue weighted by Gasteiger charge is -2.31. The van der Waals surface area contributed by atoms with E-state index in [2.05, 4.69) is 16.0 Å². The molecule has 1 spiro atoms. The highest BCUT2D eigenvalue weighted by atomic mass is 16.6. The second-order valence-electron chi connectivity index (χ2n) is 5.10. The minimum Gasteiger partial charge on any atom is -0.427 e. The third kappa shape index (κ3) is 2.10. The zero-order chi connectivity index (χ0) is 15.0. The van der Waals surface area contributed by atoms with Gasteiger partial charge in [0, 0.05) is 24.7 Å². The van der Waals surface area contributed by atoms with Gasteiger partial charge in [0.1, 0.15) is 0 Å². The van der Waals surface area contributed by atoms with Crippen LogP contribution in [0.5, 0.6) is 0 Å². The summed E-state index contributed by atoms with van der Waals surface area (Å²) in [4.78, 5) is 34.8. The van der Waals surface area contributed by atoms with Crippen LogP contribution in [-0.4, -0.2) is 25.1 Å². The number of alkyl carbamates (subject to hydrolysis) is 1. The molecule has 2 aliphatic rings. The predicted octanol–water partition coefficient (Wildman–Crippen LogP) is 1.24. The topological polar surface area (TPSA) is 96.5 Å². The number of rotatable bonds is 1. The number of hydrogen-bond donors (Lipinski definition) is 3. The van der Waals surface area contributed by atoms with E-state index in [0.29, 0.717) is 17.7 Å². The molecule has 4 amide bonds. The molecule has 1 saturated heterocycles. The van der Waals surface area contributed by atoms with Crippen LogP contribution in [0.2, 0.25) is 0 Å². The Labute approximate surface area is 121 Å². The molecule has 3 N–H and O–H groups in total. The summed E-state index contributed by atoms with van der Waals surface area (Å²) < 4.78 is 5.27. The van der Waals surface area contributed by atoms with Crippen LogP contribution in [0.3, 0.4) is 0 Å². The zero-order valence-corrected chi connectivity index (χ0v) is 11.5. The van der Waals surface area contributed by atoms with Gasteiger partial charge in [0.05, 0.1) is 0 Å². The Kier molecular flexibility index (Phi) is 3.04. The van der Waals surface area contributed by atoms with Crippen LogP contribution in [0.25, 0.3) is 0 Å². The van der Waals surface area contributed by atoms with Gasteiger partial charge in [-0.25, -0.2) is 9.59 Å². The molecule has 1 aliphatic heterocycles. The van der Waals surface area contributed by atoms with Gasteiger partial charge in [0.25, 0.3) is 5.91 Å². The molecular weight excluding hydrogens is 274 g/mol. The number of aryl methyl sites for hydroxylation is 1. The summed E-state index contributed by atoms with van der Waals surface area (Å²) in [6, 6.07) is 4.93. The van der Waals surface area contributed by atoms with Gasteiger partial charge in [-0.05, 0) is 30.5 Å². The number of amides is 4. The van der Waals surface area contributed by atoms with Crippen molar-refractivity contribution < 1.29 is 19.1 Å². The smallest absolute Gasteiger partial charge is 0.415 e. The Balaban J connectivity index is 1.98. The lowest BCUT2D eigenvalue weighted by molar-refractivity contribution is -0.133. The van der Waals surface area contributed by atoms with Crippen LogP contribution in [0.1, 0.15) is 24.0 Å². The highest BCUT2D eigenvalue weighted by molar-refractivity contribution is 6.03. The highest BCUT2D eigenvalue weighted by Crippen LogP contribution is 2.41. The van der Waals surface area contributed by atoms with Crippen LogP contribution < -0.4 is 16.0 Å². The van der Waals surface area contributed by atoms with Crippen LogP contribution in [-0.2, 0) is 21.6 Å². The summed E-state index contributed by atoms with van der Waals surface area (Å²) >= 11 is 0. The molecule has 21 heavy (non-hydrogen) atoms. The second-order valence-corrected chi connectivity index (χ2v) is 5.10. The molecule has 1 aromatic carbocycles.